The number of anilines is 3. The fraction of sp³-hybridized carbons (Fsp3) is 0.412. The van der Waals surface area contributed by atoms with Gasteiger partial charge in [0.1, 0.15) is 11.6 Å². The lowest BCUT2D eigenvalue weighted by Crippen LogP contribution is -2.45. The first kappa shape index (κ1) is 16.8. The Bertz CT molecular complexity index is 716. The Morgan fingerprint density at radius 3 is 2.67 bits per heavy atom. The molecule has 0 aliphatic carbocycles. The van der Waals surface area contributed by atoms with E-state index < -0.39 is 0 Å². The van der Waals surface area contributed by atoms with Crippen LogP contribution >= 0.6 is 11.6 Å². The summed E-state index contributed by atoms with van der Waals surface area (Å²) in [6, 6.07) is 5.61. The van der Waals surface area contributed by atoms with Crippen LogP contribution in [0, 0.1) is 6.92 Å². The van der Waals surface area contributed by atoms with Crippen molar-refractivity contribution in [3.05, 3.63) is 35.0 Å². The predicted molar refractivity (Wildman–Crippen MR) is 97.8 cm³/mol. The second-order valence-corrected chi connectivity index (χ2v) is 6.37. The third-order valence-electron chi connectivity index (χ3n) is 4.17. The molecule has 0 spiro atoms. The highest BCUT2D eigenvalue weighted by Crippen LogP contribution is 2.32. The highest BCUT2D eigenvalue weighted by atomic mass is 35.5. The van der Waals surface area contributed by atoms with Crippen molar-refractivity contribution in [3.63, 3.8) is 0 Å². The van der Waals surface area contributed by atoms with E-state index in [9.17, 15) is 0 Å². The monoisotopic (exact) mass is 347 g/mol. The molecule has 1 aliphatic rings. The molecule has 2 heterocycles. The quantitative estimate of drug-likeness (QED) is 0.917. The summed E-state index contributed by atoms with van der Waals surface area (Å²) in [5.41, 5.74) is 1.82. The molecule has 1 saturated heterocycles. The molecule has 1 aromatic carbocycles. The molecule has 0 atom stereocenters. The Morgan fingerprint density at radius 2 is 1.96 bits per heavy atom. The molecule has 1 aromatic heterocycles. The van der Waals surface area contributed by atoms with Crippen LogP contribution in [-0.2, 0) is 0 Å². The predicted octanol–water partition coefficient (Wildman–Crippen LogP) is 2.94. The number of halogens is 1. The van der Waals surface area contributed by atoms with E-state index >= 15 is 0 Å². The number of rotatable bonds is 4. The van der Waals surface area contributed by atoms with E-state index in [1.807, 2.05) is 25.1 Å². The summed E-state index contributed by atoms with van der Waals surface area (Å²) in [5.74, 6) is 2.17. The van der Waals surface area contributed by atoms with Crippen LogP contribution < -0.4 is 15.0 Å². The first-order chi connectivity index (χ1) is 11.6. The fourth-order valence-corrected chi connectivity index (χ4v) is 2.80. The van der Waals surface area contributed by atoms with Gasteiger partial charge in [0, 0.05) is 43.5 Å². The van der Waals surface area contributed by atoms with Gasteiger partial charge in [-0.3, -0.25) is 0 Å². The van der Waals surface area contributed by atoms with Gasteiger partial charge in [0.2, 0.25) is 5.95 Å². The normalized spacial score (nSPS) is 15.4. The number of benzene rings is 1. The standard InChI is InChI=1S/C17H22ClN5O/c1-12-10-14(15(24-3)11-13(12)18)20-16-4-5-19-17(21-16)23-8-6-22(2)7-9-23/h4-5,10-11H,6-9H2,1-3H3,(H,19,20,21). The van der Waals surface area contributed by atoms with Gasteiger partial charge in [-0.15, -0.1) is 0 Å². The maximum Gasteiger partial charge on any atom is 0.227 e. The van der Waals surface area contributed by atoms with E-state index in [4.69, 9.17) is 16.3 Å². The van der Waals surface area contributed by atoms with E-state index in [0.717, 1.165) is 49.2 Å². The summed E-state index contributed by atoms with van der Waals surface area (Å²) >= 11 is 6.16. The van der Waals surface area contributed by atoms with Gasteiger partial charge in [0.05, 0.1) is 12.8 Å². The molecule has 1 aliphatic heterocycles. The van der Waals surface area contributed by atoms with Crippen LogP contribution in [0.3, 0.4) is 0 Å². The number of aryl methyl sites for hydroxylation is 1. The molecule has 1 fully saturated rings. The summed E-state index contributed by atoms with van der Waals surface area (Å²) in [6.45, 7) is 5.87. The van der Waals surface area contributed by atoms with Gasteiger partial charge in [-0.2, -0.15) is 4.98 Å². The minimum atomic E-state index is 0.679. The van der Waals surface area contributed by atoms with Gasteiger partial charge >= 0.3 is 0 Å². The van der Waals surface area contributed by atoms with E-state index in [1.54, 1.807) is 13.3 Å². The van der Waals surface area contributed by atoms with Crippen LogP contribution in [0.1, 0.15) is 5.56 Å². The third-order valence-corrected chi connectivity index (χ3v) is 4.58. The average Bonchev–Trinajstić information content (AvgIpc) is 2.59. The molecule has 0 amide bonds. The number of aromatic nitrogens is 2. The van der Waals surface area contributed by atoms with Gasteiger partial charge in [-0.25, -0.2) is 4.98 Å². The van der Waals surface area contributed by atoms with Gasteiger partial charge in [0.25, 0.3) is 0 Å². The maximum absolute atomic E-state index is 6.16. The zero-order valence-electron chi connectivity index (χ0n) is 14.2. The van der Waals surface area contributed by atoms with Crippen LogP contribution in [0.2, 0.25) is 5.02 Å². The number of hydrogen-bond donors (Lipinski definition) is 1. The second-order valence-electron chi connectivity index (χ2n) is 5.96. The molecule has 2 aromatic rings. The van der Waals surface area contributed by atoms with Gasteiger partial charge in [-0.05, 0) is 31.7 Å². The van der Waals surface area contributed by atoms with Crippen molar-refractivity contribution in [3.8, 4) is 5.75 Å². The minimum absolute atomic E-state index is 0.679. The van der Waals surface area contributed by atoms with Crippen molar-refractivity contribution in [2.24, 2.45) is 0 Å². The summed E-state index contributed by atoms with van der Waals surface area (Å²) < 4.78 is 5.41. The fourth-order valence-electron chi connectivity index (χ4n) is 2.64. The Kier molecular flexibility index (Phi) is 5.06. The van der Waals surface area contributed by atoms with Crippen LogP contribution in [0.15, 0.2) is 24.4 Å². The summed E-state index contributed by atoms with van der Waals surface area (Å²) in [4.78, 5) is 13.6. The first-order valence-electron chi connectivity index (χ1n) is 7.94. The van der Waals surface area contributed by atoms with Crippen molar-refractivity contribution < 1.29 is 4.74 Å². The van der Waals surface area contributed by atoms with E-state index in [-0.39, 0.29) is 0 Å². The number of nitrogens with zero attached hydrogens (tertiary/aromatic N) is 4. The number of likely N-dealkylation sites (N-methyl/N-ethyl adjacent to an activating group) is 1. The maximum atomic E-state index is 6.16. The van der Waals surface area contributed by atoms with Crippen molar-refractivity contribution in [2.45, 2.75) is 6.92 Å². The van der Waals surface area contributed by atoms with Gasteiger partial charge < -0.3 is 19.9 Å². The molecular weight excluding hydrogens is 326 g/mol. The SMILES string of the molecule is COc1cc(Cl)c(C)cc1Nc1ccnc(N2CCN(C)CC2)n1. The minimum Gasteiger partial charge on any atom is -0.495 e. The van der Waals surface area contributed by atoms with Crippen LogP contribution in [-0.4, -0.2) is 55.2 Å². The summed E-state index contributed by atoms with van der Waals surface area (Å²) in [6.07, 6.45) is 1.78. The van der Waals surface area contributed by atoms with Crippen molar-refractivity contribution in [2.75, 3.05) is 50.6 Å². The molecule has 0 bridgehead atoms. The number of methoxy groups -OCH3 is 1. The zero-order valence-corrected chi connectivity index (χ0v) is 15.0. The zero-order chi connectivity index (χ0) is 17.1. The largest absolute Gasteiger partial charge is 0.495 e. The molecule has 128 valence electrons. The van der Waals surface area contributed by atoms with Crippen molar-refractivity contribution in [1.29, 1.82) is 0 Å². The lowest BCUT2D eigenvalue weighted by Gasteiger charge is -2.32. The van der Waals surface area contributed by atoms with Crippen molar-refractivity contribution >= 4 is 29.1 Å². The lowest BCUT2D eigenvalue weighted by atomic mass is 10.2. The van der Waals surface area contributed by atoms with Crippen LogP contribution in [0.4, 0.5) is 17.5 Å². The van der Waals surface area contributed by atoms with Gasteiger partial charge in [0.15, 0.2) is 0 Å². The summed E-state index contributed by atoms with van der Waals surface area (Å²) in [5, 5.41) is 3.99. The topological polar surface area (TPSA) is 53.5 Å². The third kappa shape index (κ3) is 3.71. The number of hydrogen-bond acceptors (Lipinski definition) is 6. The molecule has 0 radical (unpaired) electrons. The van der Waals surface area contributed by atoms with E-state index in [2.05, 4.69) is 32.1 Å². The Morgan fingerprint density at radius 1 is 1.21 bits per heavy atom. The average molecular weight is 348 g/mol. The molecule has 24 heavy (non-hydrogen) atoms. The molecular formula is C17H22ClN5O. The molecule has 0 saturated carbocycles. The molecule has 0 unspecified atom stereocenters. The van der Waals surface area contributed by atoms with Crippen LogP contribution in [0.25, 0.3) is 0 Å². The molecule has 7 heteroatoms. The number of ether oxygens (including phenoxy) is 1. The van der Waals surface area contributed by atoms with E-state index in [0.29, 0.717) is 10.8 Å². The summed E-state index contributed by atoms with van der Waals surface area (Å²) in [7, 11) is 3.76. The molecule has 6 nitrogen and oxygen atoms in total. The highest BCUT2D eigenvalue weighted by molar-refractivity contribution is 6.31. The van der Waals surface area contributed by atoms with Crippen LogP contribution in [0.5, 0.6) is 5.75 Å². The van der Waals surface area contributed by atoms with E-state index in [1.165, 1.54) is 0 Å². The lowest BCUT2D eigenvalue weighted by molar-refractivity contribution is 0.311. The Hall–Kier alpha value is -2.05. The molecule has 1 N–H and O–H groups in total. The Labute approximate surface area is 147 Å². The van der Waals surface area contributed by atoms with Gasteiger partial charge in [-0.1, -0.05) is 11.6 Å². The first-order valence-corrected chi connectivity index (χ1v) is 8.32. The van der Waals surface area contributed by atoms with Crippen molar-refractivity contribution in [1.82, 2.24) is 14.9 Å². The Balaban J connectivity index is 1.81. The number of piperazine rings is 1. The highest BCUT2D eigenvalue weighted by Gasteiger charge is 2.17. The second kappa shape index (κ2) is 7.23. The number of nitrogens with one attached hydrogen (secondary N) is 1. The smallest absolute Gasteiger partial charge is 0.227 e. The molecule has 3 rings (SSSR count).